The minimum absolute atomic E-state index is 0.0514. The van der Waals surface area contributed by atoms with Crippen LogP contribution < -0.4 is 0 Å². The van der Waals surface area contributed by atoms with E-state index >= 15 is 0 Å². The van der Waals surface area contributed by atoms with Gasteiger partial charge in [0.2, 0.25) is 0 Å². The van der Waals surface area contributed by atoms with Crippen molar-refractivity contribution >= 4 is 11.9 Å². The summed E-state index contributed by atoms with van der Waals surface area (Å²) in [7, 11) is 0. The fourth-order valence-corrected chi connectivity index (χ4v) is 7.94. The highest BCUT2D eigenvalue weighted by atomic mass is 16.5. The Morgan fingerprint density at radius 3 is 2.53 bits per heavy atom. The van der Waals surface area contributed by atoms with Gasteiger partial charge in [-0.1, -0.05) is 25.5 Å². The lowest BCUT2D eigenvalue weighted by atomic mass is 9.45. The number of aliphatic hydroxyl groups is 1. The molecule has 3 saturated carbocycles. The van der Waals surface area contributed by atoms with Crippen LogP contribution in [0.3, 0.4) is 0 Å². The van der Waals surface area contributed by atoms with Gasteiger partial charge in [0.1, 0.15) is 12.2 Å². The summed E-state index contributed by atoms with van der Waals surface area (Å²) in [5.74, 6) is 1.22. The molecule has 9 atom stereocenters. The Bertz CT molecular complexity index is 744. The van der Waals surface area contributed by atoms with E-state index in [2.05, 4.69) is 19.9 Å². The number of carbonyl (C=O) groups excluding carboxylic acids is 2. The van der Waals surface area contributed by atoms with Gasteiger partial charge in [0, 0.05) is 25.2 Å². The predicted octanol–water partition coefficient (Wildman–Crippen LogP) is 4.42. The van der Waals surface area contributed by atoms with Crippen molar-refractivity contribution in [1.29, 1.82) is 0 Å². The number of esters is 2. The van der Waals surface area contributed by atoms with E-state index in [1.807, 2.05) is 6.92 Å². The standard InChI is InChI=1S/C25H38O5/c1-14(29-15(2)26)20-8-9-21-19-7-6-17-12-18(30-16(3)27)10-11-24(17,4)22(19)13-23(28)25(20,21)5/h9,14,17-20,22-23,28H,6-8,10-13H2,1-5H3. The summed E-state index contributed by atoms with van der Waals surface area (Å²) in [4.78, 5) is 23.0. The number of rotatable bonds is 3. The average molecular weight is 419 g/mol. The molecule has 4 aliphatic rings. The maximum atomic E-state index is 11.5. The molecular weight excluding hydrogens is 380 g/mol. The van der Waals surface area contributed by atoms with Crippen molar-refractivity contribution in [3.05, 3.63) is 11.6 Å². The van der Waals surface area contributed by atoms with Gasteiger partial charge in [-0.3, -0.25) is 9.59 Å². The first-order chi connectivity index (χ1) is 14.1. The zero-order chi connectivity index (χ0) is 21.8. The second-order valence-electron chi connectivity index (χ2n) is 10.8. The summed E-state index contributed by atoms with van der Waals surface area (Å²) in [6, 6.07) is 0. The molecule has 5 nitrogen and oxygen atoms in total. The average Bonchev–Trinajstić information content (AvgIpc) is 3.01. The molecule has 1 N–H and O–H groups in total. The molecule has 9 unspecified atom stereocenters. The van der Waals surface area contributed by atoms with Crippen LogP contribution in [0, 0.1) is 34.5 Å². The van der Waals surface area contributed by atoms with Gasteiger partial charge in [-0.25, -0.2) is 0 Å². The summed E-state index contributed by atoms with van der Waals surface area (Å²) in [5, 5.41) is 11.5. The molecule has 30 heavy (non-hydrogen) atoms. The molecule has 0 aromatic rings. The van der Waals surface area contributed by atoms with Crippen LogP contribution in [0.25, 0.3) is 0 Å². The second kappa shape index (κ2) is 7.65. The van der Waals surface area contributed by atoms with E-state index in [1.54, 1.807) is 0 Å². The van der Waals surface area contributed by atoms with Gasteiger partial charge in [0.05, 0.1) is 6.10 Å². The SMILES string of the molecule is CC(=O)OC1CCC2(C)C(CCC3C4=CCC(C(C)OC(C)=O)C4(C)C(O)CC32)C1. The molecule has 0 spiro atoms. The molecule has 0 bridgehead atoms. The first kappa shape index (κ1) is 21.9. The normalized spacial score (nSPS) is 46.0. The van der Waals surface area contributed by atoms with E-state index in [4.69, 9.17) is 9.47 Å². The van der Waals surface area contributed by atoms with Crippen LogP contribution in [-0.4, -0.2) is 35.4 Å². The third-order valence-corrected chi connectivity index (χ3v) is 9.45. The van der Waals surface area contributed by atoms with E-state index in [9.17, 15) is 14.7 Å². The van der Waals surface area contributed by atoms with Gasteiger partial charge in [0.25, 0.3) is 0 Å². The van der Waals surface area contributed by atoms with Crippen molar-refractivity contribution in [2.45, 2.75) is 97.9 Å². The van der Waals surface area contributed by atoms with Gasteiger partial charge in [-0.05, 0) is 75.0 Å². The Kier molecular flexibility index (Phi) is 5.57. The largest absolute Gasteiger partial charge is 0.463 e. The highest BCUT2D eigenvalue weighted by Gasteiger charge is 2.61. The van der Waals surface area contributed by atoms with Crippen LogP contribution in [0.2, 0.25) is 0 Å². The number of allylic oxidation sites excluding steroid dienone is 1. The molecular formula is C25H38O5. The topological polar surface area (TPSA) is 72.8 Å². The summed E-state index contributed by atoms with van der Waals surface area (Å²) in [5.41, 5.74) is 1.29. The maximum absolute atomic E-state index is 11.5. The number of carbonyl (C=O) groups is 2. The second-order valence-corrected chi connectivity index (χ2v) is 10.8. The predicted molar refractivity (Wildman–Crippen MR) is 113 cm³/mol. The molecule has 0 aliphatic heterocycles. The quantitative estimate of drug-likeness (QED) is 0.543. The van der Waals surface area contributed by atoms with Crippen molar-refractivity contribution in [2.24, 2.45) is 34.5 Å². The molecule has 3 fully saturated rings. The molecule has 0 saturated heterocycles. The summed E-state index contributed by atoms with van der Waals surface area (Å²) >= 11 is 0. The van der Waals surface area contributed by atoms with E-state index in [-0.39, 0.29) is 40.9 Å². The molecule has 168 valence electrons. The van der Waals surface area contributed by atoms with Crippen LogP contribution in [0.4, 0.5) is 0 Å². The lowest BCUT2D eigenvalue weighted by Gasteiger charge is -2.61. The van der Waals surface area contributed by atoms with Crippen LogP contribution in [-0.2, 0) is 19.1 Å². The third-order valence-electron chi connectivity index (χ3n) is 9.45. The lowest BCUT2D eigenvalue weighted by molar-refractivity contribution is -0.163. The fraction of sp³-hybridized carbons (Fsp3) is 0.840. The molecule has 4 rings (SSSR count). The van der Waals surface area contributed by atoms with E-state index in [0.29, 0.717) is 17.8 Å². The molecule has 4 aliphatic carbocycles. The zero-order valence-electron chi connectivity index (χ0n) is 19.1. The Balaban J connectivity index is 1.56. The van der Waals surface area contributed by atoms with Crippen LogP contribution >= 0.6 is 0 Å². The van der Waals surface area contributed by atoms with E-state index in [0.717, 1.165) is 44.9 Å². The van der Waals surface area contributed by atoms with Crippen LogP contribution in [0.5, 0.6) is 0 Å². The van der Waals surface area contributed by atoms with Gasteiger partial charge >= 0.3 is 11.9 Å². The first-order valence-electron chi connectivity index (χ1n) is 11.8. The Morgan fingerprint density at radius 1 is 1.13 bits per heavy atom. The van der Waals surface area contributed by atoms with Crippen molar-refractivity contribution in [2.75, 3.05) is 0 Å². The summed E-state index contributed by atoms with van der Waals surface area (Å²) in [6.07, 6.45) is 8.71. The molecule has 0 amide bonds. The number of aliphatic hydroxyl groups excluding tert-OH is 1. The summed E-state index contributed by atoms with van der Waals surface area (Å²) < 4.78 is 11.1. The monoisotopic (exact) mass is 418 g/mol. The van der Waals surface area contributed by atoms with Crippen LogP contribution in [0.1, 0.15) is 79.6 Å². The highest BCUT2D eigenvalue weighted by Crippen LogP contribution is 2.66. The molecule has 0 aromatic heterocycles. The number of hydrogen-bond donors (Lipinski definition) is 1. The van der Waals surface area contributed by atoms with Gasteiger partial charge < -0.3 is 14.6 Å². The number of fused-ring (bicyclic) bond motifs is 5. The Morgan fingerprint density at radius 2 is 1.87 bits per heavy atom. The maximum Gasteiger partial charge on any atom is 0.302 e. The smallest absolute Gasteiger partial charge is 0.302 e. The minimum atomic E-state index is -0.419. The molecule has 5 heteroatoms. The van der Waals surface area contributed by atoms with E-state index < -0.39 is 6.10 Å². The van der Waals surface area contributed by atoms with Crippen molar-refractivity contribution in [3.8, 4) is 0 Å². The number of ether oxygens (including phenoxy) is 2. The van der Waals surface area contributed by atoms with Crippen molar-refractivity contribution in [3.63, 3.8) is 0 Å². The van der Waals surface area contributed by atoms with Gasteiger partial charge in [0.15, 0.2) is 0 Å². The fourth-order valence-electron chi connectivity index (χ4n) is 7.94. The molecule has 0 heterocycles. The third kappa shape index (κ3) is 3.32. The van der Waals surface area contributed by atoms with Crippen LogP contribution in [0.15, 0.2) is 11.6 Å². The van der Waals surface area contributed by atoms with Gasteiger partial charge in [-0.15, -0.1) is 0 Å². The first-order valence-corrected chi connectivity index (χ1v) is 11.8. The van der Waals surface area contributed by atoms with E-state index in [1.165, 1.54) is 19.4 Å². The lowest BCUT2D eigenvalue weighted by Crippen LogP contribution is -2.57. The van der Waals surface area contributed by atoms with Crippen molar-refractivity contribution < 1.29 is 24.2 Å². The van der Waals surface area contributed by atoms with Gasteiger partial charge in [-0.2, -0.15) is 0 Å². The number of hydrogen-bond acceptors (Lipinski definition) is 5. The highest BCUT2D eigenvalue weighted by molar-refractivity contribution is 5.66. The molecule has 0 radical (unpaired) electrons. The van der Waals surface area contributed by atoms with Crippen molar-refractivity contribution in [1.82, 2.24) is 0 Å². The Labute approximate surface area is 180 Å². The zero-order valence-corrected chi connectivity index (χ0v) is 19.1. The Hall–Kier alpha value is -1.36. The molecule has 0 aromatic carbocycles. The summed E-state index contributed by atoms with van der Waals surface area (Å²) in [6.45, 7) is 9.56. The minimum Gasteiger partial charge on any atom is -0.463 e.